The Morgan fingerprint density at radius 3 is 1.08 bits per heavy atom. The van der Waals surface area contributed by atoms with Gasteiger partial charge in [0, 0.05) is 47.6 Å². The number of rotatable bonds is 8. The molecule has 42 nitrogen and oxygen atoms in total. The molecule has 76 heavy (non-hydrogen) atoms. The van der Waals surface area contributed by atoms with Crippen molar-refractivity contribution < 1.29 is 55.1 Å². The summed E-state index contributed by atoms with van der Waals surface area (Å²) in [7, 11) is 8.82. The minimum atomic E-state index is -3.47. The monoisotopic (exact) mass is 1150 g/mol. The number of hydrazine groups is 12. The van der Waals surface area contributed by atoms with Crippen molar-refractivity contribution in [3.8, 4) is 0 Å². The number of amides is 9. The zero-order valence-corrected chi connectivity index (χ0v) is 46.1. The van der Waals surface area contributed by atoms with E-state index < -0.39 is 32.2 Å². The predicted octanol–water partition coefficient (Wildman–Crippen LogP) is -11.8. The lowest BCUT2D eigenvalue weighted by atomic mass is 10.2. The fraction of sp³-hybridized carbons (Fsp3) is 0.375. The number of ether oxygens (including phenoxy) is 1. The van der Waals surface area contributed by atoms with Crippen LogP contribution >= 0.6 is 0 Å². The SMILES string of the molecule is CC(=O)NN.CNC(=O)NN.CNN.CNN(C)C.CNNC.CNNC(C)=O.COC(=O)NN.CS(=O)(=O)NN.NN=C(N)N.NNC(=O)c1ccccc1.NNC(N)=O.NNC=O.NNS(=O)(=O)c1ccccc1. The number of nitrogens with zero attached hydrogens (tertiary/aromatic N) is 2. The van der Waals surface area contributed by atoms with E-state index in [1.165, 1.54) is 40.1 Å². The average molecular weight is 1150 g/mol. The van der Waals surface area contributed by atoms with E-state index in [0.717, 1.165) is 6.26 Å². The first kappa shape index (κ1) is 94.3. The number of hydrogen-bond donors (Lipinski definition) is 28. The van der Waals surface area contributed by atoms with Crippen LogP contribution in [0.5, 0.6) is 0 Å². The summed E-state index contributed by atoms with van der Waals surface area (Å²) in [6.07, 6.45) is 0.752. The van der Waals surface area contributed by atoms with Gasteiger partial charge in [-0.2, -0.15) is 9.66 Å². The molecule has 0 aromatic heterocycles. The first-order valence-electron chi connectivity index (χ1n) is 19.4. The van der Waals surface area contributed by atoms with Gasteiger partial charge >= 0.3 is 18.2 Å². The van der Waals surface area contributed by atoms with Gasteiger partial charge in [0.15, 0.2) is 0 Å². The largest absolute Gasteiger partial charge is 0.452 e. The second-order valence-corrected chi connectivity index (χ2v) is 14.4. The fourth-order valence-electron chi connectivity index (χ4n) is 1.65. The number of hydrazone groups is 1. The van der Waals surface area contributed by atoms with Crippen LogP contribution in [0.25, 0.3) is 0 Å². The van der Waals surface area contributed by atoms with Gasteiger partial charge in [0.05, 0.1) is 18.3 Å². The third-order valence-corrected chi connectivity index (χ3v) is 6.44. The summed E-state index contributed by atoms with van der Waals surface area (Å²) in [5, 5.41) is 6.98. The van der Waals surface area contributed by atoms with E-state index in [2.05, 4.69) is 100 Å². The molecule has 2 aromatic rings. The zero-order valence-electron chi connectivity index (χ0n) is 44.5. The molecule has 0 unspecified atom stereocenters. The Morgan fingerprint density at radius 1 is 0.618 bits per heavy atom. The Kier molecular flexibility index (Phi) is 94.7. The molecule has 0 fully saturated rings. The van der Waals surface area contributed by atoms with Gasteiger partial charge in [-0.15, -0.1) is 5.10 Å². The zero-order chi connectivity index (χ0) is 62.6. The molecule has 9 amide bonds. The summed E-state index contributed by atoms with van der Waals surface area (Å²) in [5.41, 5.74) is 40.6. The van der Waals surface area contributed by atoms with E-state index >= 15 is 0 Å². The highest BCUT2D eigenvalue weighted by molar-refractivity contribution is 7.89. The quantitative estimate of drug-likeness (QED) is 0.0291. The molecule has 0 aliphatic carbocycles. The topological polar surface area (TPSA) is 731 Å². The molecule has 2 rings (SSSR count). The molecule has 0 radical (unpaired) electrons. The van der Waals surface area contributed by atoms with Crippen molar-refractivity contribution >= 4 is 68.3 Å². The van der Waals surface area contributed by atoms with Gasteiger partial charge < -0.3 is 33.1 Å². The van der Waals surface area contributed by atoms with Gasteiger partial charge in [0.2, 0.25) is 34.2 Å². The van der Waals surface area contributed by atoms with Crippen LogP contribution in [-0.2, 0) is 39.2 Å². The lowest BCUT2D eigenvalue weighted by molar-refractivity contribution is -0.120. The van der Waals surface area contributed by atoms with E-state index in [1.54, 1.807) is 82.5 Å². The molecule has 0 spiro atoms. The number of benzene rings is 2. The number of urea groups is 2. The Labute approximate surface area is 443 Å². The van der Waals surface area contributed by atoms with Crippen LogP contribution in [0.1, 0.15) is 24.2 Å². The van der Waals surface area contributed by atoms with Crippen molar-refractivity contribution in [2.45, 2.75) is 18.7 Å². The Hall–Kier alpha value is -7.58. The van der Waals surface area contributed by atoms with E-state index in [1.807, 2.05) is 62.6 Å². The maximum absolute atomic E-state index is 11.0. The summed E-state index contributed by atoms with van der Waals surface area (Å²) in [6.45, 7) is 2.79. The van der Waals surface area contributed by atoms with Gasteiger partial charge in [-0.05, 0) is 52.5 Å². The lowest BCUT2D eigenvalue weighted by Crippen LogP contribution is -2.37. The van der Waals surface area contributed by atoms with Crippen molar-refractivity contribution in [2.75, 3.05) is 69.7 Å². The summed E-state index contributed by atoms with van der Waals surface area (Å²) in [4.78, 5) is 71.5. The smallest absolute Gasteiger partial charge is 0.421 e. The number of guanidine groups is 1. The molecule has 0 aliphatic rings. The maximum atomic E-state index is 11.0. The van der Waals surface area contributed by atoms with Gasteiger partial charge in [-0.25, -0.2) is 71.7 Å². The van der Waals surface area contributed by atoms with Crippen LogP contribution in [0.2, 0.25) is 0 Å². The number of nitrogens with one attached hydrogen (secondary N) is 15. The van der Waals surface area contributed by atoms with Crippen LogP contribution in [0.3, 0.4) is 0 Å². The second kappa shape index (κ2) is 76.3. The van der Waals surface area contributed by atoms with Gasteiger partial charge in [-0.3, -0.25) is 101 Å². The molecule has 0 bridgehead atoms. The molecule has 450 valence electrons. The van der Waals surface area contributed by atoms with Crippen LogP contribution in [0, 0.1) is 0 Å². The molecule has 0 heterocycles. The van der Waals surface area contributed by atoms with Gasteiger partial charge in [-0.1, -0.05) is 36.4 Å². The highest BCUT2D eigenvalue weighted by Gasteiger charge is 2.09. The van der Waals surface area contributed by atoms with Gasteiger partial charge in [0.1, 0.15) is 0 Å². The molecular weight excluding hydrogens is 1060 g/mol. The Balaban J connectivity index is -0.0000000681. The van der Waals surface area contributed by atoms with Crippen LogP contribution in [0.15, 0.2) is 70.7 Å². The number of carbonyl (C=O) groups excluding carboxylic acids is 7. The summed E-state index contributed by atoms with van der Waals surface area (Å²) >= 11 is 0. The third-order valence-electron chi connectivity index (χ3n) is 4.81. The lowest BCUT2D eigenvalue weighted by Gasteiger charge is -2.02. The highest BCUT2D eigenvalue weighted by atomic mass is 32.2. The maximum Gasteiger partial charge on any atom is 0.421 e. The number of sulfonamides is 2. The Morgan fingerprint density at radius 2 is 0.961 bits per heavy atom. The number of hydrogen-bond acceptors (Lipinski definition) is 29. The molecule has 41 N–H and O–H groups in total. The van der Waals surface area contributed by atoms with Crippen molar-refractivity contribution in [1.29, 1.82) is 0 Å². The van der Waals surface area contributed by atoms with Crippen molar-refractivity contribution in [3.05, 3.63) is 66.2 Å². The van der Waals surface area contributed by atoms with Crippen LogP contribution in [-0.4, -0.2) is 140 Å². The van der Waals surface area contributed by atoms with E-state index in [0.29, 0.717) is 12.0 Å². The van der Waals surface area contributed by atoms with Crippen molar-refractivity contribution in [1.82, 2.24) is 85.1 Å². The molecule has 2 aromatic carbocycles. The molecule has 0 atom stereocenters. The number of primary amides is 1. The molecule has 0 saturated carbocycles. The minimum Gasteiger partial charge on any atom is -0.452 e. The number of carbonyl (C=O) groups is 7. The standard InChI is InChI=1S/C7H8N2O.C6H8N2O2S.C3H8N2O.C3H10N2.C2H7N3O.C2H6N2O2.C2H6N2O.C2H8N2.CH6N4.CH5N3O.CH6N2O2S.CH4N2O.CH6N2/c8-9-7(10)6-4-2-1-3-5-6;7-8-11(9,10)6-4-2-1-3-5-6;1-3(6)5-4-2;1-4-5(2)3;1-4-2(6)5-3;1-6-2(5)4-3;1-2(5)4-3;1-3-4-2;2-1(3)5-4;2-1(5)4-3;1-6(4,5)3-2;2-3-1-4;1-3-2/h1-5H,8H2,(H,9,10);1-5,8H,7H2;4H,1-2H3,(H,5,6);4H,1-3H3;3H2,1H3,(H2,4,5,6);3H2,1H3,(H,4,5);3H2,1H3,(H,4,5);3-4H,1-2H3;4H2,(H4,2,3,5);3H2,(H3,2,4,5);3H,2H2,1H3;1H,2H2,(H,3,4);3H,2H2,1H3. The van der Waals surface area contributed by atoms with Crippen LogP contribution in [0.4, 0.5) is 14.4 Å². The molecular formula is C32H88N30O12S2. The number of nitrogens with two attached hydrogens (primary N) is 13. The third kappa shape index (κ3) is 126. The number of nitrogen functional groups attached to an aromatic ring is 1. The molecule has 0 aliphatic heterocycles. The normalized spacial score (nSPS) is 8.29. The van der Waals surface area contributed by atoms with E-state index in [4.69, 9.17) is 27.9 Å². The van der Waals surface area contributed by atoms with Crippen LogP contribution < -0.4 is 156 Å². The number of methoxy groups -OCH3 is 1. The highest BCUT2D eigenvalue weighted by Crippen LogP contribution is 2.04. The molecule has 0 saturated heterocycles. The predicted molar refractivity (Wildman–Crippen MR) is 288 cm³/mol. The second-order valence-electron chi connectivity index (χ2n) is 10.9. The van der Waals surface area contributed by atoms with Crippen molar-refractivity contribution in [2.24, 2.45) is 80.7 Å². The summed E-state index contributed by atoms with van der Waals surface area (Å²) in [5.74, 6) is 45.2. The molecule has 44 heteroatoms. The first-order chi connectivity index (χ1) is 35.3. The summed E-state index contributed by atoms with van der Waals surface area (Å²) < 4.78 is 45.5. The van der Waals surface area contributed by atoms with Gasteiger partial charge in [0.25, 0.3) is 15.9 Å². The van der Waals surface area contributed by atoms with Crippen molar-refractivity contribution in [3.63, 3.8) is 0 Å². The Bertz CT molecular complexity index is 1820. The van der Waals surface area contributed by atoms with E-state index in [9.17, 15) is 45.6 Å². The average Bonchev–Trinajstić information content (AvgIpc) is 3.42. The fourth-order valence-corrected chi connectivity index (χ4v) is 2.30. The first-order valence-corrected chi connectivity index (χ1v) is 22.8. The minimum absolute atomic E-state index is 0.0718. The summed E-state index contributed by atoms with van der Waals surface area (Å²) in [6, 6.07) is 15.6. The van der Waals surface area contributed by atoms with E-state index in [-0.39, 0.29) is 34.6 Å².